The average molecular weight is 256 g/mol. The molecule has 0 saturated heterocycles. The lowest BCUT2D eigenvalue weighted by Crippen LogP contribution is -2.34. The molecule has 104 valence electrons. The molecule has 1 unspecified atom stereocenters. The Morgan fingerprint density at radius 1 is 1.50 bits per heavy atom. The Hall–Kier alpha value is -0.980. The molecular weight excluding hydrogens is 232 g/mol. The topological polar surface area (TPSA) is 72.2 Å². The largest absolute Gasteiger partial charge is 0.389 e. The van der Waals surface area contributed by atoms with Gasteiger partial charge in [-0.25, -0.2) is 4.98 Å². The summed E-state index contributed by atoms with van der Waals surface area (Å²) in [6, 6.07) is 0. The minimum atomic E-state index is -0.485. The number of aromatic nitrogens is 3. The van der Waals surface area contributed by atoms with E-state index in [1.54, 1.807) is 11.0 Å². The van der Waals surface area contributed by atoms with Gasteiger partial charge in [0.1, 0.15) is 6.33 Å². The van der Waals surface area contributed by atoms with Gasteiger partial charge in [0.15, 0.2) is 5.82 Å². The molecular formula is C12H24N4O2. The highest BCUT2D eigenvalue weighted by molar-refractivity contribution is 4.82. The molecule has 0 radical (unpaired) electrons. The second kappa shape index (κ2) is 6.82. The van der Waals surface area contributed by atoms with Gasteiger partial charge in [0.25, 0.3) is 0 Å². The second-order valence-electron chi connectivity index (χ2n) is 5.37. The lowest BCUT2D eigenvalue weighted by atomic mass is 10.2. The first-order valence-electron chi connectivity index (χ1n) is 6.24. The molecule has 2 N–H and O–H groups in total. The summed E-state index contributed by atoms with van der Waals surface area (Å²) < 4.78 is 7.17. The number of hydrogen-bond acceptors (Lipinski definition) is 5. The minimum absolute atomic E-state index is 0.209. The van der Waals surface area contributed by atoms with E-state index in [4.69, 9.17) is 4.74 Å². The lowest BCUT2D eigenvalue weighted by Gasteiger charge is -2.22. The van der Waals surface area contributed by atoms with Crippen LogP contribution in [-0.4, -0.2) is 51.3 Å². The van der Waals surface area contributed by atoms with Gasteiger partial charge in [0.05, 0.1) is 18.3 Å². The van der Waals surface area contributed by atoms with Gasteiger partial charge in [-0.2, -0.15) is 5.10 Å². The Balaban J connectivity index is 2.07. The third-order valence-corrected chi connectivity index (χ3v) is 2.26. The van der Waals surface area contributed by atoms with Crippen LogP contribution in [0.1, 0.15) is 26.6 Å². The van der Waals surface area contributed by atoms with Crippen molar-refractivity contribution in [1.29, 1.82) is 0 Å². The number of nitrogens with one attached hydrogen (secondary N) is 1. The molecule has 0 aliphatic rings. The summed E-state index contributed by atoms with van der Waals surface area (Å²) in [6.45, 7) is 7.53. The molecule has 1 heterocycles. The third kappa shape index (κ3) is 6.68. The Bertz CT molecular complexity index is 346. The molecule has 0 amide bonds. The van der Waals surface area contributed by atoms with Crippen LogP contribution in [0.5, 0.6) is 0 Å². The Labute approximate surface area is 108 Å². The molecule has 0 aromatic carbocycles. The van der Waals surface area contributed by atoms with Crippen molar-refractivity contribution >= 4 is 0 Å². The molecule has 6 heteroatoms. The van der Waals surface area contributed by atoms with Crippen molar-refractivity contribution in [2.24, 2.45) is 7.05 Å². The van der Waals surface area contributed by atoms with Gasteiger partial charge in [0.2, 0.25) is 0 Å². The minimum Gasteiger partial charge on any atom is -0.389 e. The molecule has 1 rings (SSSR count). The highest BCUT2D eigenvalue weighted by Gasteiger charge is 2.13. The second-order valence-corrected chi connectivity index (χ2v) is 5.37. The van der Waals surface area contributed by atoms with E-state index in [1.807, 2.05) is 27.8 Å². The standard InChI is InChI=1S/C12H24N4O2/c1-12(2,3)18-8-10(17)7-13-6-5-11-14-9-16(4)15-11/h9-10,13,17H,5-8H2,1-4H3. The summed E-state index contributed by atoms with van der Waals surface area (Å²) in [5, 5.41) is 17.0. The van der Waals surface area contributed by atoms with Gasteiger partial charge >= 0.3 is 0 Å². The number of ether oxygens (including phenoxy) is 1. The molecule has 1 atom stereocenters. The summed E-state index contributed by atoms with van der Waals surface area (Å²) in [7, 11) is 1.84. The fraction of sp³-hybridized carbons (Fsp3) is 0.833. The van der Waals surface area contributed by atoms with Crippen LogP contribution >= 0.6 is 0 Å². The first kappa shape index (κ1) is 15.1. The Kier molecular flexibility index (Phi) is 5.71. The van der Waals surface area contributed by atoms with Gasteiger partial charge in [-0.3, -0.25) is 4.68 Å². The van der Waals surface area contributed by atoms with E-state index in [-0.39, 0.29) is 5.60 Å². The number of rotatable bonds is 7. The number of aryl methyl sites for hydroxylation is 1. The van der Waals surface area contributed by atoms with Gasteiger partial charge in [-0.1, -0.05) is 0 Å². The van der Waals surface area contributed by atoms with Crippen LogP contribution in [0, 0.1) is 0 Å². The fourth-order valence-electron chi connectivity index (χ4n) is 1.37. The summed E-state index contributed by atoms with van der Waals surface area (Å²) >= 11 is 0. The summed E-state index contributed by atoms with van der Waals surface area (Å²) in [4.78, 5) is 4.13. The molecule has 1 aromatic rings. The lowest BCUT2D eigenvalue weighted by molar-refractivity contribution is -0.0477. The molecule has 18 heavy (non-hydrogen) atoms. The van der Waals surface area contributed by atoms with Crippen molar-refractivity contribution in [1.82, 2.24) is 20.1 Å². The smallest absolute Gasteiger partial charge is 0.151 e. The van der Waals surface area contributed by atoms with Crippen LogP contribution in [-0.2, 0) is 18.2 Å². The molecule has 1 aromatic heterocycles. The SMILES string of the molecule is Cn1cnc(CCNCC(O)COC(C)(C)C)n1. The predicted octanol–water partition coefficient (Wildman–Crippen LogP) is 0.123. The third-order valence-electron chi connectivity index (χ3n) is 2.26. The highest BCUT2D eigenvalue weighted by atomic mass is 16.5. The summed E-state index contributed by atoms with van der Waals surface area (Å²) in [5.41, 5.74) is -0.209. The zero-order chi connectivity index (χ0) is 13.6. The van der Waals surface area contributed by atoms with Crippen molar-refractivity contribution in [3.63, 3.8) is 0 Å². The van der Waals surface area contributed by atoms with E-state index >= 15 is 0 Å². The maximum Gasteiger partial charge on any atom is 0.151 e. The monoisotopic (exact) mass is 256 g/mol. The van der Waals surface area contributed by atoms with Gasteiger partial charge in [-0.05, 0) is 20.8 Å². The maximum absolute atomic E-state index is 9.69. The first-order valence-corrected chi connectivity index (χ1v) is 6.24. The van der Waals surface area contributed by atoms with Crippen molar-refractivity contribution in [2.75, 3.05) is 19.7 Å². The van der Waals surface area contributed by atoms with E-state index in [9.17, 15) is 5.11 Å². The quantitative estimate of drug-likeness (QED) is 0.678. The molecule has 0 bridgehead atoms. The van der Waals surface area contributed by atoms with E-state index in [0.29, 0.717) is 13.2 Å². The zero-order valence-corrected chi connectivity index (χ0v) is 11.7. The van der Waals surface area contributed by atoms with Crippen LogP contribution in [0.2, 0.25) is 0 Å². The van der Waals surface area contributed by atoms with E-state index < -0.39 is 6.10 Å². The molecule has 0 aliphatic carbocycles. The van der Waals surface area contributed by atoms with E-state index in [0.717, 1.165) is 18.8 Å². The summed E-state index contributed by atoms with van der Waals surface area (Å²) in [5.74, 6) is 0.811. The van der Waals surface area contributed by atoms with E-state index in [1.165, 1.54) is 0 Å². The first-order chi connectivity index (χ1) is 8.37. The maximum atomic E-state index is 9.69. The average Bonchev–Trinajstić information content (AvgIpc) is 2.67. The normalized spacial score (nSPS) is 13.8. The Morgan fingerprint density at radius 3 is 2.78 bits per heavy atom. The number of nitrogens with zero attached hydrogens (tertiary/aromatic N) is 3. The van der Waals surface area contributed by atoms with Gasteiger partial charge in [0, 0.05) is 26.6 Å². The van der Waals surface area contributed by atoms with Crippen molar-refractivity contribution < 1.29 is 9.84 Å². The van der Waals surface area contributed by atoms with Gasteiger partial charge < -0.3 is 15.2 Å². The molecule has 0 fully saturated rings. The van der Waals surface area contributed by atoms with Crippen LogP contribution in [0.3, 0.4) is 0 Å². The zero-order valence-electron chi connectivity index (χ0n) is 11.7. The number of hydrogen-bond donors (Lipinski definition) is 2. The fourth-order valence-corrected chi connectivity index (χ4v) is 1.37. The predicted molar refractivity (Wildman–Crippen MR) is 69.3 cm³/mol. The van der Waals surface area contributed by atoms with Crippen molar-refractivity contribution in [3.8, 4) is 0 Å². The van der Waals surface area contributed by atoms with Crippen molar-refractivity contribution in [2.45, 2.75) is 38.9 Å². The molecule has 6 nitrogen and oxygen atoms in total. The van der Waals surface area contributed by atoms with Crippen LogP contribution in [0.15, 0.2) is 6.33 Å². The molecule has 0 spiro atoms. The number of aliphatic hydroxyl groups excluding tert-OH is 1. The molecule has 0 aliphatic heterocycles. The van der Waals surface area contributed by atoms with Crippen molar-refractivity contribution in [3.05, 3.63) is 12.2 Å². The van der Waals surface area contributed by atoms with Crippen LogP contribution in [0.4, 0.5) is 0 Å². The van der Waals surface area contributed by atoms with E-state index in [2.05, 4.69) is 15.4 Å². The van der Waals surface area contributed by atoms with Gasteiger partial charge in [-0.15, -0.1) is 0 Å². The van der Waals surface area contributed by atoms with Crippen LogP contribution < -0.4 is 5.32 Å². The highest BCUT2D eigenvalue weighted by Crippen LogP contribution is 2.06. The number of aliphatic hydroxyl groups is 1. The van der Waals surface area contributed by atoms with Crippen LogP contribution in [0.25, 0.3) is 0 Å². The summed E-state index contributed by atoms with van der Waals surface area (Å²) in [6.07, 6.45) is 1.95. The molecule has 0 saturated carbocycles. The Morgan fingerprint density at radius 2 is 2.22 bits per heavy atom.